The second-order valence-corrected chi connectivity index (χ2v) is 5.79. The zero-order valence-corrected chi connectivity index (χ0v) is 13.0. The van der Waals surface area contributed by atoms with Crippen LogP contribution in [0.1, 0.15) is 23.7 Å². The fourth-order valence-corrected chi connectivity index (χ4v) is 2.85. The van der Waals surface area contributed by atoms with Crippen LogP contribution in [-0.2, 0) is 9.53 Å². The molecule has 0 bridgehead atoms. The van der Waals surface area contributed by atoms with Gasteiger partial charge in [-0.2, -0.15) is 0 Å². The minimum atomic E-state index is -0.405. The number of amides is 1. The summed E-state index contributed by atoms with van der Waals surface area (Å²) in [4.78, 5) is 13.9. The summed E-state index contributed by atoms with van der Waals surface area (Å²) in [5, 5.41) is 9.55. The van der Waals surface area contributed by atoms with E-state index in [0.717, 1.165) is 11.1 Å². The number of nitrogens with zero attached hydrogens (tertiary/aromatic N) is 1. The molecular formula is C19H21NO3. The van der Waals surface area contributed by atoms with Crippen LogP contribution >= 0.6 is 0 Å². The van der Waals surface area contributed by atoms with Crippen LogP contribution in [-0.4, -0.2) is 41.7 Å². The van der Waals surface area contributed by atoms with E-state index in [1.807, 2.05) is 60.7 Å². The first-order valence-corrected chi connectivity index (χ1v) is 7.91. The van der Waals surface area contributed by atoms with Crippen LogP contribution in [0.25, 0.3) is 0 Å². The van der Waals surface area contributed by atoms with Crippen molar-refractivity contribution in [3.63, 3.8) is 0 Å². The van der Waals surface area contributed by atoms with Crippen molar-refractivity contribution in [1.82, 2.24) is 4.90 Å². The summed E-state index contributed by atoms with van der Waals surface area (Å²) in [6.07, 6.45) is -0.0288. The van der Waals surface area contributed by atoms with Crippen LogP contribution in [0.4, 0.5) is 0 Å². The zero-order valence-electron chi connectivity index (χ0n) is 13.0. The van der Waals surface area contributed by atoms with Crippen molar-refractivity contribution in [3.05, 3.63) is 71.8 Å². The van der Waals surface area contributed by atoms with E-state index >= 15 is 0 Å². The summed E-state index contributed by atoms with van der Waals surface area (Å²) in [6.45, 7) is 1.02. The summed E-state index contributed by atoms with van der Waals surface area (Å²) >= 11 is 0. The minimum absolute atomic E-state index is 0.0151. The monoisotopic (exact) mass is 311 g/mol. The van der Waals surface area contributed by atoms with Gasteiger partial charge in [0.05, 0.1) is 6.10 Å². The molecule has 1 atom stereocenters. The van der Waals surface area contributed by atoms with Gasteiger partial charge in [-0.15, -0.1) is 0 Å². The molecule has 0 spiro atoms. The van der Waals surface area contributed by atoms with Gasteiger partial charge in [-0.25, -0.2) is 0 Å². The lowest BCUT2D eigenvalue weighted by molar-refractivity contribution is -0.136. The number of aliphatic hydroxyl groups is 1. The number of aliphatic hydroxyl groups excluding tert-OH is 1. The number of carbonyl (C=O) groups excluding carboxylic acids is 1. The van der Waals surface area contributed by atoms with Gasteiger partial charge in [-0.05, 0) is 17.5 Å². The summed E-state index contributed by atoms with van der Waals surface area (Å²) in [5.74, 6) is -0.0709. The second-order valence-electron chi connectivity index (χ2n) is 5.79. The van der Waals surface area contributed by atoms with Gasteiger partial charge >= 0.3 is 0 Å². The fraction of sp³-hybridized carbons (Fsp3) is 0.316. The Morgan fingerprint density at radius 3 is 2.13 bits per heavy atom. The molecule has 0 aromatic heterocycles. The average molecular weight is 311 g/mol. The number of ether oxygens (including phenoxy) is 1. The van der Waals surface area contributed by atoms with Crippen LogP contribution in [0.15, 0.2) is 60.7 Å². The molecule has 0 radical (unpaired) electrons. The molecule has 4 nitrogen and oxygen atoms in total. The van der Waals surface area contributed by atoms with Crippen LogP contribution in [0, 0.1) is 0 Å². The molecule has 1 N–H and O–H groups in total. The lowest BCUT2D eigenvalue weighted by atomic mass is 10.0. The van der Waals surface area contributed by atoms with Gasteiger partial charge in [-0.1, -0.05) is 60.7 Å². The summed E-state index contributed by atoms with van der Waals surface area (Å²) in [5.41, 5.74) is 2.04. The summed E-state index contributed by atoms with van der Waals surface area (Å²) < 4.78 is 5.95. The lowest BCUT2D eigenvalue weighted by Gasteiger charge is -2.21. The van der Waals surface area contributed by atoms with Crippen molar-refractivity contribution in [1.29, 1.82) is 0 Å². The molecule has 0 aliphatic carbocycles. The zero-order chi connectivity index (χ0) is 16.1. The van der Waals surface area contributed by atoms with Crippen molar-refractivity contribution < 1.29 is 14.6 Å². The quantitative estimate of drug-likeness (QED) is 0.922. The van der Waals surface area contributed by atoms with E-state index in [1.165, 1.54) is 0 Å². The van der Waals surface area contributed by atoms with Gasteiger partial charge in [0.25, 0.3) is 0 Å². The lowest BCUT2D eigenvalue weighted by Crippen LogP contribution is -2.33. The summed E-state index contributed by atoms with van der Waals surface area (Å²) in [6, 6.07) is 19.8. The van der Waals surface area contributed by atoms with Gasteiger partial charge in [0, 0.05) is 13.1 Å². The molecule has 1 fully saturated rings. The molecule has 1 aliphatic heterocycles. The molecule has 1 amide bonds. The maximum atomic E-state index is 12.2. The predicted molar refractivity (Wildman–Crippen MR) is 87.9 cm³/mol. The third-order valence-corrected chi connectivity index (χ3v) is 4.09. The Kier molecular flexibility index (Phi) is 5.05. The number of β-amino-alcohol motifs (C(OH)–C–C–N with tert-alkyl or cyclic N) is 1. The number of likely N-dealkylation sites (tertiary alicyclic amines) is 1. The van der Waals surface area contributed by atoms with E-state index in [4.69, 9.17) is 4.74 Å². The largest absolute Gasteiger partial charge is 0.391 e. The van der Waals surface area contributed by atoms with Gasteiger partial charge < -0.3 is 14.7 Å². The van der Waals surface area contributed by atoms with Crippen LogP contribution < -0.4 is 0 Å². The Balaban J connectivity index is 1.71. The highest BCUT2D eigenvalue weighted by molar-refractivity contribution is 5.77. The Hall–Kier alpha value is -2.17. The van der Waals surface area contributed by atoms with E-state index in [9.17, 15) is 9.90 Å². The molecule has 0 saturated carbocycles. The molecule has 1 aliphatic rings. The topological polar surface area (TPSA) is 49.8 Å². The van der Waals surface area contributed by atoms with Gasteiger partial charge in [0.1, 0.15) is 12.7 Å². The maximum absolute atomic E-state index is 12.2. The smallest absolute Gasteiger partial charge is 0.248 e. The molecule has 2 aromatic carbocycles. The number of carbonyl (C=O) groups is 1. The maximum Gasteiger partial charge on any atom is 0.248 e. The standard InChI is InChI=1S/C19H21NO3/c21-17-11-12-20(13-17)18(22)14-23-19(15-7-3-1-4-8-15)16-9-5-2-6-10-16/h1-10,17,19,21H,11-14H2/t17-/m1/s1. The van der Waals surface area contributed by atoms with Crippen molar-refractivity contribution >= 4 is 5.91 Å². The van der Waals surface area contributed by atoms with Crippen LogP contribution in [0.2, 0.25) is 0 Å². The molecule has 23 heavy (non-hydrogen) atoms. The molecule has 4 heteroatoms. The van der Waals surface area contributed by atoms with Crippen molar-refractivity contribution in [3.8, 4) is 0 Å². The predicted octanol–water partition coefficient (Wildman–Crippen LogP) is 2.39. The Morgan fingerprint density at radius 1 is 1.09 bits per heavy atom. The first kappa shape index (κ1) is 15.7. The fourth-order valence-electron chi connectivity index (χ4n) is 2.85. The Bertz CT molecular complexity index is 590. The molecule has 0 unspecified atom stereocenters. The SMILES string of the molecule is O=C(COC(c1ccccc1)c1ccccc1)N1CC[C@@H](O)C1. The average Bonchev–Trinajstić information content (AvgIpc) is 3.03. The first-order valence-electron chi connectivity index (χ1n) is 7.91. The Labute approximate surface area is 136 Å². The third-order valence-electron chi connectivity index (χ3n) is 4.09. The normalized spacial score (nSPS) is 17.7. The van der Waals surface area contributed by atoms with E-state index < -0.39 is 6.10 Å². The third kappa shape index (κ3) is 3.97. The number of rotatable bonds is 5. The van der Waals surface area contributed by atoms with Crippen LogP contribution in [0.5, 0.6) is 0 Å². The van der Waals surface area contributed by atoms with E-state index in [-0.39, 0.29) is 18.6 Å². The molecular weight excluding hydrogens is 290 g/mol. The van der Waals surface area contributed by atoms with E-state index in [1.54, 1.807) is 4.90 Å². The molecule has 120 valence electrons. The Morgan fingerprint density at radius 2 is 1.65 bits per heavy atom. The van der Waals surface area contributed by atoms with Crippen molar-refractivity contribution in [2.75, 3.05) is 19.7 Å². The van der Waals surface area contributed by atoms with Crippen molar-refractivity contribution in [2.24, 2.45) is 0 Å². The second kappa shape index (κ2) is 7.40. The minimum Gasteiger partial charge on any atom is -0.391 e. The molecule has 2 aromatic rings. The van der Waals surface area contributed by atoms with E-state index in [2.05, 4.69) is 0 Å². The van der Waals surface area contributed by atoms with Gasteiger partial charge in [-0.3, -0.25) is 4.79 Å². The summed E-state index contributed by atoms with van der Waals surface area (Å²) in [7, 11) is 0. The number of benzene rings is 2. The molecule has 1 saturated heterocycles. The highest BCUT2D eigenvalue weighted by Gasteiger charge is 2.25. The molecule has 3 rings (SSSR count). The highest BCUT2D eigenvalue weighted by Crippen LogP contribution is 2.25. The van der Waals surface area contributed by atoms with Gasteiger partial charge in [0.2, 0.25) is 5.91 Å². The van der Waals surface area contributed by atoms with E-state index in [0.29, 0.717) is 19.5 Å². The number of hydrogen-bond donors (Lipinski definition) is 1. The molecule has 1 heterocycles. The number of hydrogen-bond acceptors (Lipinski definition) is 3. The first-order chi connectivity index (χ1) is 11.2. The highest BCUT2D eigenvalue weighted by atomic mass is 16.5. The van der Waals surface area contributed by atoms with Gasteiger partial charge in [0.15, 0.2) is 0 Å². The van der Waals surface area contributed by atoms with Crippen LogP contribution in [0.3, 0.4) is 0 Å². The van der Waals surface area contributed by atoms with Crippen molar-refractivity contribution in [2.45, 2.75) is 18.6 Å².